The fourth-order valence-corrected chi connectivity index (χ4v) is 2.21. The number of nitrogens with two attached hydrogens (primary N) is 2. The third kappa shape index (κ3) is 3.85. The van der Waals surface area contributed by atoms with Crippen molar-refractivity contribution in [3.05, 3.63) is 63.6 Å². The standard InChI is InChI=1S/C14H12Cl2N4S/c15-8-5-6-12(17)10(7-8)13(19-20-14(18)21)9-3-1-2-4-11(9)16/h1-7H,17H2,(H3,18,20,21)/b19-13-. The van der Waals surface area contributed by atoms with E-state index in [1.165, 1.54) is 0 Å². The van der Waals surface area contributed by atoms with Crippen molar-refractivity contribution in [2.75, 3.05) is 5.73 Å². The Bertz CT molecular complexity index is 716. The maximum atomic E-state index is 6.23. The summed E-state index contributed by atoms with van der Waals surface area (Å²) in [6.45, 7) is 0. The summed E-state index contributed by atoms with van der Waals surface area (Å²) in [6, 6.07) is 12.4. The van der Waals surface area contributed by atoms with Crippen molar-refractivity contribution < 1.29 is 0 Å². The zero-order chi connectivity index (χ0) is 15.4. The smallest absolute Gasteiger partial charge is 0.184 e. The Morgan fingerprint density at radius 1 is 1.10 bits per heavy atom. The largest absolute Gasteiger partial charge is 0.398 e. The molecule has 0 unspecified atom stereocenters. The van der Waals surface area contributed by atoms with E-state index in [2.05, 4.69) is 10.5 Å². The molecule has 2 aromatic rings. The van der Waals surface area contributed by atoms with Crippen LogP contribution in [0.1, 0.15) is 11.1 Å². The number of nitrogens with one attached hydrogen (secondary N) is 1. The number of hydrogen-bond acceptors (Lipinski definition) is 3. The van der Waals surface area contributed by atoms with Crippen molar-refractivity contribution in [1.82, 2.24) is 5.43 Å². The Kier molecular flexibility index (Phi) is 5.01. The number of benzene rings is 2. The van der Waals surface area contributed by atoms with E-state index in [1.807, 2.05) is 18.2 Å². The molecule has 0 radical (unpaired) electrons. The lowest BCUT2D eigenvalue weighted by atomic mass is 10.0. The zero-order valence-electron chi connectivity index (χ0n) is 10.8. The van der Waals surface area contributed by atoms with E-state index in [0.29, 0.717) is 32.6 Å². The van der Waals surface area contributed by atoms with Crippen molar-refractivity contribution >= 4 is 51.9 Å². The van der Waals surface area contributed by atoms with Gasteiger partial charge >= 0.3 is 0 Å². The fraction of sp³-hybridized carbons (Fsp3) is 0. The highest BCUT2D eigenvalue weighted by Gasteiger charge is 2.14. The second kappa shape index (κ2) is 6.76. The summed E-state index contributed by atoms with van der Waals surface area (Å²) in [5, 5.41) is 5.31. The molecule has 0 spiro atoms. The molecule has 21 heavy (non-hydrogen) atoms. The van der Waals surface area contributed by atoms with Crippen molar-refractivity contribution in [2.24, 2.45) is 10.8 Å². The number of hydrazone groups is 1. The first-order valence-corrected chi connectivity index (χ1v) is 7.09. The molecule has 0 aliphatic rings. The molecule has 0 bridgehead atoms. The van der Waals surface area contributed by atoms with Crippen molar-refractivity contribution in [1.29, 1.82) is 0 Å². The van der Waals surface area contributed by atoms with Gasteiger partial charge in [0.25, 0.3) is 0 Å². The van der Waals surface area contributed by atoms with Crippen LogP contribution in [0.25, 0.3) is 0 Å². The molecule has 0 aliphatic carbocycles. The number of anilines is 1. The molecule has 0 saturated heterocycles. The van der Waals surface area contributed by atoms with E-state index in [4.69, 9.17) is 46.9 Å². The molecule has 4 nitrogen and oxygen atoms in total. The van der Waals surface area contributed by atoms with E-state index in [1.54, 1.807) is 24.3 Å². The Labute approximate surface area is 137 Å². The maximum Gasteiger partial charge on any atom is 0.184 e. The normalized spacial score (nSPS) is 11.2. The molecule has 0 saturated carbocycles. The van der Waals surface area contributed by atoms with E-state index >= 15 is 0 Å². The number of rotatable bonds is 3. The minimum atomic E-state index is 0.0418. The highest BCUT2D eigenvalue weighted by molar-refractivity contribution is 7.80. The molecule has 0 aromatic heterocycles. The van der Waals surface area contributed by atoms with Crippen LogP contribution < -0.4 is 16.9 Å². The van der Waals surface area contributed by atoms with E-state index in [-0.39, 0.29) is 5.11 Å². The van der Waals surface area contributed by atoms with Gasteiger partial charge in [0, 0.05) is 21.8 Å². The van der Waals surface area contributed by atoms with Gasteiger partial charge in [-0.05, 0) is 36.5 Å². The Balaban J connectivity index is 2.62. The Hall–Kier alpha value is -1.82. The van der Waals surface area contributed by atoms with Gasteiger partial charge in [0.05, 0.1) is 5.02 Å². The van der Waals surface area contributed by atoms with Crippen LogP contribution in [0.4, 0.5) is 5.69 Å². The molecule has 2 aromatic carbocycles. The topological polar surface area (TPSA) is 76.4 Å². The first-order chi connectivity index (χ1) is 9.99. The quantitative estimate of drug-likeness (QED) is 0.347. The van der Waals surface area contributed by atoms with Crippen LogP contribution >= 0.6 is 35.4 Å². The molecule has 108 valence electrons. The molecule has 5 N–H and O–H groups in total. The Morgan fingerprint density at radius 2 is 1.81 bits per heavy atom. The van der Waals surface area contributed by atoms with Gasteiger partial charge in [-0.2, -0.15) is 5.10 Å². The number of hydrogen-bond donors (Lipinski definition) is 3. The minimum absolute atomic E-state index is 0.0418. The molecule has 0 amide bonds. The monoisotopic (exact) mass is 338 g/mol. The maximum absolute atomic E-state index is 6.23. The van der Waals surface area contributed by atoms with Gasteiger partial charge < -0.3 is 11.5 Å². The average Bonchev–Trinajstić information content (AvgIpc) is 2.44. The third-order valence-electron chi connectivity index (χ3n) is 2.68. The van der Waals surface area contributed by atoms with Gasteiger partial charge in [0.15, 0.2) is 5.11 Å². The predicted octanol–water partition coefficient (Wildman–Crippen LogP) is 3.16. The van der Waals surface area contributed by atoms with Crippen LogP contribution in [0.15, 0.2) is 47.6 Å². The van der Waals surface area contributed by atoms with E-state index in [9.17, 15) is 0 Å². The van der Waals surface area contributed by atoms with Crippen LogP contribution in [-0.2, 0) is 0 Å². The molecule has 0 heterocycles. The lowest BCUT2D eigenvalue weighted by molar-refractivity contribution is 1.03. The summed E-state index contributed by atoms with van der Waals surface area (Å²) in [5.74, 6) is 0. The molecule has 7 heteroatoms. The molecule has 0 aliphatic heterocycles. The van der Waals surface area contributed by atoms with E-state index in [0.717, 1.165) is 0 Å². The van der Waals surface area contributed by atoms with Gasteiger partial charge in [-0.3, -0.25) is 5.43 Å². The SMILES string of the molecule is NC(=S)N/N=C(\c1cc(Cl)ccc1N)c1ccccc1Cl. The number of nitrogens with zero attached hydrogens (tertiary/aromatic N) is 1. The van der Waals surface area contributed by atoms with E-state index < -0.39 is 0 Å². The average molecular weight is 339 g/mol. The highest BCUT2D eigenvalue weighted by Crippen LogP contribution is 2.25. The van der Waals surface area contributed by atoms with Gasteiger partial charge in [0.1, 0.15) is 5.71 Å². The number of nitrogen functional groups attached to an aromatic ring is 1. The lowest BCUT2D eigenvalue weighted by Gasteiger charge is -2.12. The summed E-state index contributed by atoms with van der Waals surface area (Å²) >= 11 is 17.0. The number of thiocarbonyl (C=S) groups is 1. The highest BCUT2D eigenvalue weighted by atomic mass is 35.5. The van der Waals surface area contributed by atoms with Crippen LogP contribution in [0.5, 0.6) is 0 Å². The minimum Gasteiger partial charge on any atom is -0.398 e. The molecular weight excluding hydrogens is 327 g/mol. The van der Waals surface area contributed by atoms with Crippen LogP contribution in [0.3, 0.4) is 0 Å². The van der Waals surface area contributed by atoms with Crippen LogP contribution in [0, 0.1) is 0 Å². The summed E-state index contributed by atoms with van der Waals surface area (Å²) < 4.78 is 0. The molecule has 2 rings (SSSR count). The summed E-state index contributed by atoms with van der Waals surface area (Å²) in [6.07, 6.45) is 0. The van der Waals surface area contributed by atoms with Crippen molar-refractivity contribution in [2.45, 2.75) is 0 Å². The Morgan fingerprint density at radius 3 is 2.48 bits per heavy atom. The summed E-state index contributed by atoms with van der Waals surface area (Å²) in [4.78, 5) is 0. The first-order valence-electron chi connectivity index (χ1n) is 5.92. The number of halogens is 2. The van der Waals surface area contributed by atoms with Crippen LogP contribution in [-0.4, -0.2) is 10.8 Å². The molecule has 0 fully saturated rings. The van der Waals surface area contributed by atoms with Gasteiger partial charge in [-0.1, -0.05) is 41.4 Å². The molecular formula is C14H12Cl2N4S. The second-order valence-corrected chi connectivity index (χ2v) is 5.43. The van der Waals surface area contributed by atoms with Crippen molar-refractivity contribution in [3.63, 3.8) is 0 Å². The second-order valence-electron chi connectivity index (χ2n) is 4.15. The molecule has 0 atom stereocenters. The zero-order valence-corrected chi connectivity index (χ0v) is 13.1. The fourth-order valence-electron chi connectivity index (χ4n) is 1.76. The summed E-state index contributed by atoms with van der Waals surface area (Å²) in [7, 11) is 0. The van der Waals surface area contributed by atoms with Crippen LogP contribution in [0.2, 0.25) is 10.0 Å². The first kappa shape index (κ1) is 15.6. The lowest BCUT2D eigenvalue weighted by Crippen LogP contribution is -2.26. The van der Waals surface area contributed by atoms with Crippen molar-refractivity contribution in [3.8, 4) is 0 Å². The van der Waals surface area contributed by atoms with Gasteiger partial charge in [0.2, 0.25) is 0 Å². The predicted molar refractivity (Wildman–Crippen MR) is 92.9 cm³/mol. The van der Waals surface area contributed by atoms with Gasteiger partial charge in [-0.15, -0.1) is 0 Å². The third-order valence-corrected chi connectivity index (χ3v) is 3.33. The van der Waals surface area contributed by atoms with Gasteiger partial charge in [-0.25, -0.2) is 0 Å². The summed E-state index contributed by atoms with van der Waals surface area (Å²) in [5.41, 5.74) is 16.3.